The van der Waals surface area contributed by atoms with Gasteiger partial charge in [-0.25, -0.2) is 9.36 Å². The van der Waals surface area contributed by atoms with Crippen LogP contribution in [0.15, 0.2) is 94.0 Å². The van der Waals surface area contributed by atoms with E-state index >= 15 is 0 Å². The molecular weight excluding hydrogens is 476 g/mol. The first-order valence-electron chi connectivity index (χ1n) is 13.1. The van der Waals surface area contributed by atoms with E-state index in [0.717, 1.165) is 49.7 Å². The van der Waals surface area contributed by atoms with Gasteiger partial charge in [0.1, 0.15) is 13.1 Å². The van der Waals surface area contributed by atoms with Crippen LogP contribution in [0.4, 0.5) is 0 Å². The third-order valence-corrected chi connectivity index (χ3v) is 6.67. The van der Waals surface area contributed by atoms with Gasteiger partial charge in [0.05, 0.1) is 11.1 Å². The van der Waals surface area contributed by atoms with E-state index in [1.165, 1.54) is 11.1 Å². The molecule has 0 fully saturated rings. The number of benzene rings is 3. The molecular formula is C30H32N6O2. The minimum absolute atomic E-state index is 0.0235. The van der Waals surface area contributed by atoms with Crippen LogP contribution < -0.4 is 31.0 Å². The van der Waals surface area contributed by atoms with Crippen LogP contribution in [0.2, 0.25) is 0 Å². The molecule has 5 aromatic rings. The standard InChI is InChI=1S/C30H32N6O2/c31-29-27(35(33-37-29)20-9-7-16-23-12-3-1-4-13-23)25-18-11-19-26(22-25)28-30(32)38-34-36(28)21-10-8-17-24-14-5-2-6-15-24/h1-6,11-15,18-19,22,31-32H,7-10,16-17,20-21H2. The Morgan fingerprint density at radius 3 is 1.45 bits per heavy atom. The number of nitrogens with zero attached hydrogens (tertiary/aromatic N) is 4. The van der Waals surface area contributed by atoms with Crippen molar-refractivity contribution in [3.63, 3.8) is 0 Å². The molecule has 194 valence electrons. The Hall–Kier alpha value is -4.46. The van der Waals surface area contributed by atoms with Crippen LogP contribution in [-0.4, -0.2) is 0 Å². The fourth-order valence-corrected chi connectivity index (χ4v) is 4.73. The molecule has 0 amide bonds. The number of aromatic nitrogens is 4. The molecule has 0 atom stereocenters. The summed E-state index contributed by atoms with van der Waals surface area (Å²) in [6.07, 6.45) is 5.88. The van der Waals surface area contributed by atoms with Crippen LogP contribution in [0.5, 0.6) is 0 Å². The summed E-state index contributed by atoms with van der Waals surface area (Å²) in [5.41, 5.74) is 5.57. The second-order valence-corrected chi connectivity index (χ2v) is 9.41. The molecule has 0 radical (unpaired) electrons. The van der Waals surface area contributed by atoms with Gasteiger partial charge in [0.2, 0.25) is 0 Å². The molecule has 2 aromatic heterocycles. The van der Waals surface area contributed by atoms with Gasteiger partial charge in [0.25, 0.3) is 22.5 Å². The van der Waals surface area contributed by atoms with Crippen molar-refractivity contribution in [2.75, 3.05) is 0 Å². The molecule has 38 heavy (non-hydrogen) atoms. The van der Waals surface area contributed by atoms with Crippen LogP contribution in [0.1, 0.15) is 36.8 Å². The Kier molecular flexibility index (Phi) is 8.08. The van der Waals surface area contributed by atoms with Crippen LogP contribution in [0.3, 0.4) is 0 Å². The zero-order valence-electron chi connectivity index (χ0n) is 21.3. The van der Waals surface area contributed by atoms with Crippen molar-refractivity contribution >= 4 is 0 Å². The molecule has 0 spiro atoms. The third kappa shape index (κ3) is 6.08. The Morgan fingerprint density at radius 2 is 1.00 bits per heavy atom. The van der Waals surface area contributed by atoms with Gasteiger partial charge in [0.15, 0.2) is 0 Å². The summed E-state index contributed by atoms with van der Waals surface area (Å²) < 4.78 is 14.0. The fourth-order valence-electron chi connectivity index (χ4n) is 4.73. The highest BCUT2D eigenvalue weighted by atomic mass is 16.5. The maximum absolute atomic E-state index is 8.33. The lowest BCUT2D eigenvalue weighted by Crippen LogP contribution is -2.41. The van der Waals surface area contributed by atoms with Crippen molar-refractivity contribution in [3.05, 3.63) is 107 Å². The molecule has 3 aromatic carbocycles. The lowest BCUT2D eigenvalue weighted by Gasteiger charge is -2.06. The Morgan fingerprint density at radius 1 is 0.553 bits per heavy atom. The number of hydrogen-bond donors (Lipinski definition) is 2. The molecule has 2 N–H and O–H groups in total. The minimum Gasteiger partial charge on any atom is -0.486 e. The monoisotopic (exact) mass is 508 g/mol. The molecule has 0 saturated heterocycles. The fraction of sp³-hybridized carbons (Fsp3) is 0.267. The summed E-state index contributed by atoms with van der Waals surface area (Å²) in [5.74, 6) is 0. The summed E-state index contributed by atoms with van der Waals surface area (Å²) in [6, 6.07) is 28.6. The largest absolute Gasteiger partial charge is 0.486 e. The van der Waals surface area contributed by atoms with Crippen molar-refractivity contribution in [3.8, 4) is 22.5 Å². The van der Waals surface area contributed by atoms with Gasteiger partial charge in [-0.15, -0.1) is 0 Å². The number of aryl methyl sites for hydroxylation is 4. The lowest BCUT2D eigenvalue weighted by molar-refractivity contribution is -0.758. The van der Waals surface area contributed by atoms with E-state index in [4.69, 9.17) is 19.9 Å². The minimum atomic E-state index is 0.0235. The van der Waals surface area contributed by atoms with Gasteiger partial charge in [-0.2, -0.15) is 0 Å². The van der Waals surface area contributed by atoms with Gasteiger partial charge in [0, 0.05) is 12.8 Å². The molecule has 0 aliphatic carbocycles. The Bertz CT molecular complexity index is 1450. The van der Waals surface area contributed by atoms with E-state index in [2.05, 4.69) is 59.1 Å². The van der Waals surface area contributed by atoms with Gasteiger partial charge in [-0.3, -0.25) is 21.4 Å². The second kappa shape index (κ2) is 12.2. The molecule has 0 saturated carbocycles. The van der Waals surface area contributed by atoms with Crippen LogP contribution in [0.25, 0.3) is 22.5 Å². The quantitative estimate of drug-likeness (QED) is 0.198. The lowest BCUT2D eigenvalue weighted by atomic mass is 10.1. The first kappa shape index (κ1) is 25.2. The van der Waals surface area contributed by atoms with Crippen LogP contribution >= 0.6 is 0 Å². The summed E-state index contributed by atoms with van der Waals surface area (Å²) in [5, 5.41) is 24.9. The van der Waals surface area contributed by atoms with Gasteiger partial charge in [-0.1, -0.05) is 66.7 Å². The summed E-state index contributed by atoms with van der Waals surface area (Å²) in [6.45, 7) is 1.32. The van der Waals surface area contributed by atoms with E-state index in [0.29, 0.717) is 24.5 Å². The van der Waals surface area contributed by atoms with Crippen molar-refractivity contribution in [2.45, 2.75) is 51.6 Å². The van der Waals surface area contributed by atoms with E-state index in [1.807, 2.05) is 36.4 Å². The van der Waals surface area contributed by atoms with Crippen molar-refractivity contribution in [1.82, 2.24) is 10.5 Å². The smallest absolute Gasteiger partial charge is 0.273 e. The van der Waals surface area contributed by atoms with Crippen LogP contribution in [0, 0.1) is 10.8 Å². The number of hydrogen-bond acceptors (Lipinski definition) is 4. The maximum atomic E-state index is 8.33. The third-order valence-electron chi connectivity index (χ3n) is 6.67. The zero-order valence-corrected chi connectivity index (χ0v) is 21.3. The first-order valence-corrected chi connectivity index (χ1v) is 13.1. The summed E-state index contributed by atoms with van der Waals surface area (Å²) in [7, 11) is 0. The molecule has 2 heterocycles. The predicted octanol–water partition coefficient (Wildman–Crippen LogP) is 3.70. The molecule has 5 rings (SSSR count). The number of rotatable bonds is 12. The molecule has 0 aliphatic rings. The average Bonchev–Trinajstić information content (AvgIpc) is 3.51. The summed E-state index contributed by atoms with van der Waals surface area (Å²) in [4.78, 5) is 0. The molecule has 8 nitrogen and oxygen atoms in total. The number of unbranched alkanes of at least 4 members (excludes halogenated alkanes) is 2. The van der Waals surface area contributed by atoms with Crippen molar-refractivity contribution < 1.29 is 18.4 Å². The van der Waals surface area contributed by atoms with Crippen molar-refractivity contribution in [2.24, 2.45) is 0 Å². The second-order valence-electron chi connectivity index (χ2n) is 9.41. The normalized spacial score (nSPS) is 11.2. The number of nitrogens with one attached hydrogen (secondary N) is 2. The molecule has 0 aliphatic heterocycles. The highest BCUT2D eigenvalue weighted by molar-refractivity contribution is 5.65. The molecule has 8 heteroatoms. The van der Waals surface area contributed by atoms with E-state index in [9.17, 15) is 0 Å². The topological polar surface area (TPSA) is 110 Å². The highest BCUT2D eigenvalue weighted by Crippen LogP contribution is 2.20. The SMILES string of the molecule is N=c1o[n-][n+](CCCCc2ccccc2)c1-c1cccc(-c2c(=N)o[n-][n+]2CCCCc2ccccc2)c1. The summed E-state index contributed by atoms with van der Waals surface area (Å²) >= 11 is 0. The first-order chi connectivity index (χ1) is 18.7. The Labute approximate surface area is 221 Å². The van der Waals surface area contributed by atoms with E-state index in [1.54, 1.807) is 9.36 Å². The highest BCUT2D eigenvalue weighted by Gasteiger charge is 2.20. The average molecular weight is 509 g/mol. The van der Waals surface area contributed by atoms with Gasteiger partial charge in [-0.05, 0) is 55.0 Å². The van der Waals surface area contributed by atoms with Crippen LogP contribution in [-0.2, 0) is 25.9 Å². The van der Waals surface area contributed by atoms with Gasteiger partial charge < -0.3 is 9.05 Å². The van der Waals surface area contributed by atoms with E-state index < -0.39 is 0 Å². The van der Waals surface area contributed by atoms with Crippen molar-refractivity contribution in [1.29, 1.82) is 10.8 Å². The molecule has 0 bridgehead atoms. The maximum Gasteiger partial charge on any atom is 0.273 e. The zero-order chi connectivity index (χ0) is 26.2. The predicted molar refractivity (Wildman–Crippen MR) is 139 cm³/mol. The Balaban J connectivity index is 1.27. The van der Waals surface area contributed by atoms with E-state index in [-0.39, 0.29) is 11.1 Å². The van der Waals surface area contributed by atoms with Gasteiger partial charge >= 0.3 is 0 Å². The molecule has 0 unspecified atom stereocenters.